The minimum absolute atomic E-state index is 0.455. The van der Waals surface area contributed by atoms with E-state index in [1.54, 1.807) is 0 Å². The number of hydrogen-bond donors (Lipinski definition) is 0. The van der Waals surface area contributed by atoms with E-state index < -0.39 is 0 Å². The average molecular weight is 270 g/mol. The van der Waals surface area contributed by atoms with Crippen LogP contribution in [0.15, 0.2) is 18.7 Å². The number of imidazole rings is 1. The van der Waals surface area contributed by atoms with Crippen LogP contribution in [0.4, 0.5) is 0 Å². The van der Waals surface area contributed by atoms with E-state index in [1.807, 2.05) is 12.5 Å². The Balaban J connectivity index is 1.95. The Morgan fingerprint density at radius 3 is 3.00 bits per heavy atom. The Kier molecular flexibility index (Phi) is 4.86. The fraction of sp³-hybridized carbons (Fsp3) is 0.769. The van der Waals surface area contributed by atoms with Crippen LogP contribution in [0, 0.1) is 0 Å². The van der Waals surface area contributed by atoms with Gasteiger partial charge in [0.25, 0.3) is 0 Å². The van der Waals surface area contributed by atoms with Gasteiger partial charge < -0.3 is 4.57 Å². The Labute approximate surface area is 113 Å². The highest BCUT2D eigenvalue weighted by molar-refractivity contribution is 8.19. The Morgan fingerprint density at radius 2 is 2.35 bits per heavy atom. The van der Waals surface area contributed by atoms with E-state index in [1.165, 1.54) is 31.4 Å². The van der Waals surface area contributed by atoms with Crippen LogP contribution >= 0.6 is 23.5 Å². The van der Waals surface area contributed by atoms with Gasteiger partial charge in [0.2, 0.25) is 0 Å². The predicted octanol–water partition coefficient (Wildman–Crippen LogP) is 4.03. The van der Waals surface area contributed by atoms with Crippen molar-refractivity contribution in [2.45, 2.75) is 55.4 Å². The van der Waals surface area contributed by atoms with E-state index in [-0.39, 0.29) is 0 Å². The third kappa shape index (κ3) is 3.68. The van der Waals surface area contributed by atoms with E-state index >= 15 is 0 Å². The molecule has 2 atom stereocenters. The molecule has 0 amide bonds. The van der Waals surface area contributed by atoms with Crippen LogP contribution in [0.2, 0.25) is 0 Å². The molecule has 0 saturated carbocycles. The third-order valence-corrected chi connectivity index (χ3v) is 6.74. The lowest BCUT2D eigenvalue weighted by molar-refractivity contribution is 0.561. The number of aromatic nitrogens is 2. The normalized spacial score (nSPS) is 29.4. The van der Waals surface area contributed by atoms with Crippen LogP contribution in [-0.4, -0.2) is 24.6 Å². The molecule has 1 aliphatic rings. The predicted molar refractivity (Wildman–Crippen MR) is 78.6 cm³/mol. The lowest BCUT2D eigenvalue weighted by atomic mass is 10.2. The van der Waals surface area contributed by atoms with Gasteiger partial charge in [-0.1, -0.05) is 20.3 Å². The number of rotatable bonds is 5. The summed E-state index contributed by atoms with van der Waals surface area (Å²) in [4.78, 5) is 4.12. The molecule has 2 heterocycles. The maximum atomic E-state index is 4.12. The summed E-state index contributed by atoms with van der Waals surface area (Å²) in [6.45, 7) is 5.79. The van der Waals surface area contributed by atoms with Crippen molar-refractivity contribution in [3.05, 3.63) is 18.7 Å². The second kappa shape index (κ2) is 6.19. The minimum atomic E-state index is 0.455. The summed E-state index contributed by atoms with van der Waals surface area (Å²) in [5.41, 5.74) is 0. The molecule has 0 N–H and O–H groups in total. The van der Waals surface area contributed by atoms with Gasteiger partial charge in [-0.25, -0.2) is 4.98 Å². The van der Waals surface area contributed by atoms with E-state index in [4.69, 9.17) is 0 Å². The summed E-state index contributed by atoms with van der Waals surface area (Å²) < 4.78 is 2.66. The highest BCUT2D eigenvalue weighted by Gasteiger charge is 2.35. The van der Waals surface area contributed by atoms with E-state index in [9.17, 15) is 0 Å². The SMILES string of the molecule is CCCC1(CCn2ccnc2)SCCC(C)S1. The number of aryl methyl sites for hydroxylation is 1. The molecule has 1 aliphatic heterocycles. The molecule has 1 saturated heterocycles. The minimum Gasteiger partial charge on any atom is -0.337 e. The largest absolute Gasteiger partial charge is 0.337 e. The van der Waals surface area contributed by atoms with Gasteiger partial charge in [0, 0.05) is 24.2 Å². The van der Waals surface area contributed by atoms with Gasteiger partial charge in [0.05, 0.1) is 10.4 Å². The molecule has 1 aromatic heterocycles. The van der Waals surface area contributed by atoms with Crippen molar-refractivity contribution < 1.29 is 0 Å². The molecule has 0 aromatic carbocycles. The molecule has 2 nitrogen and oxygen atoms in total. The quantitative estimate of drug-likeness (QED) is 0.804. The van der Waals surface area contributed by atoms with Crippen molar-refractivity contribution in [3.8, 4) is 0 Å². The molecule has 1 fully saturated rings. The number of thioether (sulfide) groups is 2. The lowest BCUT2D eigenvalue weighted by Gasteiger charge is -2.39. The molecule has 0 radical (unpaired) electrons. The van der Waals surface area contributed by atoms with Crippen LogP contribution in [0.1, 0.15) is 39.5 Å². The Morgan fingerprint density at radius 1 is 1.47 bits per heavy atom. The van der Waals surface area contributed by atoms with Crippen LogP contribution in [0.5, 0.6) is 0 Å². The highest BCUT2D eigenvalue weighted by atomic mass is 32.2. The van der Waals surface area contributed by atoms with Gasteiger partial charge in [-0.05, 0) is 25.0 Å². The zero-order chi connectivity index (χ0) is 12.1. The fourth-order valence-corrected chi connectivity index (χ4v) is 6.45. The summed E-state index contributed by atoms with van der Waals surface area (Å²) in [6, 6.07) is 0. The summed E-state index contributed by atoms with van der Waals surface area (Å²) in [5.74, 6) is 1.33. The Bertz CT molecular complexity index is 322. The molecule has 2 rings (SSSR count). The topological polar surface area (TPSA) is 17.8 Å². The molecule has 0 bridgehead atoms. The lowest BCUT2D eigenvalue weighted by Crippen LogP contribution is -2.29. The molecule has 96 valence electrons. The van der Waals surface area contributed by atoms with Gasteiger partial charge in [0.15, 0.2) is 0 Å². The van der Waals surface area contributed by atoms with Crippen molar-refractivity contribution in [1.82, 2.24) is 9.55 Å². The van der Waals surface area contributed by atoms with Crippen molar-refractivity contribution in [1.29, 1.82) is 0 Å². The monoisotopic (exact) mass is 270 g/mol. The molecule has 17 heavy (non-hydrogen) atoms. The molecule has 0 aliphatic carbocycles. The van der Waals surface area contributed by atoms with Crippen molar-refractivity contribution >= 4 is 23.5 Å². The van der Waals surface area contributed by atoms with Crippen LogP contribution in [0.3, 0.4) is 0 Å². The van der Waals surface area contributed by atoms with Crippen molar-refractivity contribution in [2.24, 2.45) is 0 Å². The number of hydrogen-bond acceptors (Lipinski definition) is 3. The maximum absolute atomic E-state index is 4.12. The summed E-state index contributed by atoms with van der Waals surface area (Å²) in [5, 5.41) is 0.825. The molecule has 0 spiro atoms. The van der Waals surface area contributed by atoms with Gasteiger partial charge in [0.1, 0.15) is 0 Å². The second-order valence-corrected chi connectivity index (χ2v) is 8.34. The second-order valence-electron chi connectivity index (χ2n) is 4.78. The van der Waals surface area contributed by atoms with Gasteiger partial charge in [-0.2, -0.15) is 0 Å². The van der Waals surface area contributed by atoms with E-state index in [0.29, 0.717) is 4.08 Å². The summed E-state index contributed by atoms with van der Waals surface area (Å²) in [7, 11) is 0. The van der Waals surface area contributed by atoms with E-state index in [2.05, 4.69) is 53.1 Å². The van der Waals surface area contributed by atoms with Crippen molar-refractivity contribution in [2.75, 3.05) is 5.75 Å². The zero-order valence-electron chi connectivity index (χ0n) is 10.8. The first-order valence-electron chi connectivity index (χ1n) is 6.51. The Hall–Kier alpha value is -0.0900. The third-order valence-electron chi connectivity index (χ3n) is 3.25. The first kappa shape index (κ1) is 13.3. The fourth-order valence-electron chi connectivity index (χ4n) is 2.36. The molecular weight excluding hydrogens is 248 g/mol. The molecule has 1 aromatic rings. The molecule has 4 heteroatoms. The van der Waals surface area contributed by atoms with Crippen LogP contribution < -0.4 is 0 Å². The van der Waals surface area contributed by atoms with Gasteiger partial charge in [-0.3, -0.25) is 0 Å². The van der Waals surface area contributed by atoms with Crippen LogP contribution in [-0.2, 0) is 6.54 Å². The smallest absolute Gasteiger partial charge is 0.0945 e. The van der Waals surface area contributed by atoms with Crippen LogP contribution in [0.25, 0.3) is 0 Å². The summed E-state index contributed by atoms with van der Waals surface area (Å²) >= 11 is 4.40. The average Bonchev–Trinajstić information content (AvgIpc) is 2.80. The number of nitrogens with zero attached hydrogens (tertiary/aromatic N) is 2. The van der Waals surface area contributed by atoms with Crippen molar-refractivity contribution in [3.63, 3.8) is 0 Å². The first-order valence-corrected chi connectivity index (χ1v) is 8.38. The first-order chi connectivity index (χ1) is 8.24. The molecule has 2 unspecified atom stereocenters. The standard InChI is InChI=1S/C13H22N2S2/c1-3-5-13(16-10-4-12(2)17-13)6-8-15-9-7-14-11-15/h7,9,11-12H,3-6,8,10H2,1-2H3. The van der Waals surface area contributed by atoms with E-state index in [0.717, 1.165) is 11.8 Å². The highest BCUT2D eigenvalue weighted by Crippen LogP contribution is 2.50. The summed E-state index contributed by atoms with van der Waals surface area (Å²) in [6.07, 6.45) is 11.1. The zero-order valence-corrected chi connectivity index (χ0v) is 12.4. The maximum Gasteiger partial charge on any atom is 0.0945 e. The van der Waals surface area contributed by atoms with Gasteiger partial charge >= 0.3 is 0 Å². The molecular formula is C13H22N2S2. The van der Waals surface area contributed by atoms with Gasteiger partial charge in [-0.15, -0.1) is 23.5 Å².